The van der Waals surface area contributed by atoms with E-state index in [1.165, 1.54) is 24.3 Å². The van der Waals surface area contributed by atoms with Gasteiger partial charge in [0, 0.05) is 5.02 Å². The predicted molar refractivity (Wildman–Crippen MR) is 90.3 cm³/mol. The Morgan fingerprint density at radius 1 is 1.22 bits per heavy atom. The lowest BCUT2D eigenvalue weighted by atomic mass is 10.2. The van der Waals surface area contributed by atoms with Gasteiger partial charge in [-0.3, -0.25) is 5.32 Å². The smallest absolute Gasteiger partial charge is 0.410 e. The van der Waals surface area contributed by atoms with Crippen molar-refractivity contribution in [2.24, 2.45) is 0 Å². The lowest BCUT2D eigenvalue weighted by Gasteiger charge is -2.24. The summed E-state index contributed by atoms with van der Waals surface area (Å²) in [4.78, 5) is 23.6. The second-order valence-corrected chi connectivity index (χ2v) is 7.27. The van der Waals surface area contributed by atoms with E-state index in [0.717, 1.165) is 6.42 Å². The van der Waals surface area contributed by atoms with Crippen molar-refractivity contribution in [1.29, 1.82) is 0 Å². The maximum Gasteiger partial charge on any atom is 0.410 e. The molecule has 0 spiro atoms. The minimum atomic E-state index is -2.06. The van der Waals surface area contributed by atoms with Gasteiger partial charge in [-0.2, -0.15) is 0 Å². The Kier molecular flexibility index (Phi) is 8.26. The van der Waals surface area contributed by atoms with Gasteiger partial charge in [-0.1, -0.05) is 59.7 Å². The second-order valence-electron chi connectivity index (χ2n) is 4.47. The van der Waals surface area contributed by atoms with Crippen molar-refractivity contribution in [1.82, 2.24) is 5.32 Å². The Morgan fingerprint density at radius 3 is 2.35 bits per heavy atom. The highest BCUT2D eigenvalue weighted by molar-refractivity contribution is 6.68. The Bertz CT molecular complexity index is 531. The summed E-state index contributed by atoms with van der Waals surface area (Å²) < 4.78 is 7.84. The van der Waals surface area contributed by atoms with Crippen molar-refractivity contribution >= 4 is 58.5 Å². The van der Waals surface area contributed by atoms with Crippen LogP contribution in [0.3, 0.4) is 0 Å². The van der Waals surface area contributed by atoms with E-state index >= 15 is 0 Å². The van der Waals surface area contributed by atoms with Crippen LogP contribution in [0.5, 0.6) is 0 Å². The summed E-state index contributed by atoms with van der Waals surface area (Å²) in [6, 6.07) is 5.91. The molecular formula is C14H15Cl4NO4. The highest BCUT2D eigenvalue weighted by atomic mass is 35.6. The molecule has 1 aromatic rings. The molecule has 9 heteroatoms. The molecule has 0 fully saturated rings. The summed E-state index contributed by atoms with van der Waals surface area (Å²) >= 11 is 22.9. The van der Waals surface area contributed by atoms with E-state index in [2.05, 4.69) is 5.32 Å². The number of ether oxygens (including phenoxy) is 2. The number of unbranched alkanes of at least 4 members (excludes halogenated alkanes) is 1. The fourth-order valence-electron chi connectivity index (χ4n) is 1.40. The zero-order valence-electron chi connectivity index (χ0n) is 12.2. The summed E-state index contributed by atoms with van der Waals surface area (Å²) in [6.45, 7) is 2.15. The van der Waals surface area contributed by atoms with Crippen molar-refractivity contribution in [2.45, 2.75) is 29.8 Å². The van der Waals surface area contributed by atoms with Crippen LogP contribution in [0, 0.1) is 0 Å². The molecule has 1 N–H and O–H groups in total. The number of nitrogens with one attached hydrogen (secondary N) is 1. The third-order valence-corrected chi connectivity index (χ3v) is 3.43. The van der Waals surface area contributed by atoms with Gasteiger partial charge in [0.1, 0.15) is 0 Å². The Labute approximate surface area is 154 Å². The molecule has 0 aliphatic rings. The second kappa shape index (κ2) is 9.42. The van der Waals surface area contributed by atoms with Crippen molar-refractivity contribution in [3.8, 4) is 0 Å². The molecule has 0 unspecified atom stereocenters. The van der Waals surface area contributed by atoms with Crippen molar-refractivity contribution in [2.75, 3.05) is 6.61 Å². The van der Waals surface area contributed by atoms with Gasteiger partial charge in [-0.05, 0) is 30.7 Å². The van der Waals surface area contributed by atoms with Gasteiger partial charge in [-0.25, -0.2) is 9.59 Å². The number of esters is 1. The Morgan fingerprint density at radius 2 is 1.83 bits per heavy atom. The number of amides is 1. The van der Waals surface area contributed by atoms with E-state index in [9.17, 15) is 9.59 Å². The monoisotopic (exact) mass is 401 g/mol. The SMILES string of the molecule is CCCCOC(=O)N[C@H](OC(=O)c1ccc(Cl)cc1)C(Cl)(Cl)Cl. The minimum Gasteiger partial charge on any atom is -0.449 e. The van der Waals surface area contributed by atoms with Crippen molar-refractivity contribution in [3.63, 3.8) is 0 Å². The molecule has 0 heterocycles. The van der Waals surface area contributed by atoms with Crippen LogP contribution < -0.4 is 5.32 Å². The van der Waals surface area contributed by atoms with Gasteiger partial charge in [0.15, 0.2) is 0 Å². The third kappa shape index (κ3) is 7.48. The molecule has 0 bridgehead atoms. The van der Waals surface area contributed by atoms with Crippen LogP contribution in [0.2, 0.25) is 5.02 Å². The molecule has 128 valence electrons. The highest BCUT2D eigenvalue weighted by Crippen LogP contribution is 2.31. The molecule has 0 radical (unpaired) electrons. The number of halogens is 4. The average Bonchev–Trinajstić information content (AvgIpc) is 2.46. The van der Waals surface area contributed by atoms with E-state index in [4.69, 9.17) is 55.9 Å². The number of hydrogen-bond donors (Lipinski definition) is 1. The lowest BCUT2D eigenvalue weighted by Crippen LogP contribution is -2.47. The van der Waals surface area contributed by atoms with Crippen LogP contribution in [0.25, 0.3) is 0 Å². The highest BCUT2D eigenvalue weighted by Gasteiger charge is 2.38. The maximum absolute atomic E-state index is 12.0. The van der Waals surface area contributed by atoms with Crippen LogP contribution in [0.1, 0.15) is 30.1 Å². The molecule has 5 nitrogen and oxygen atoms in total. The van der Waals surface area contributed by atoms with Crippen LogP contribution in [-0.4, -0.2) is 28.7 Å². The molecule has 1 atom stereocenters. The number of alkyl carbamates (subject to hydrolysis) is 1. The molecule has 23 heavy (non-hydrogen) atoms. The molecule has 0 aliphatic carbocycles. The first-order valence-electron chi connectivity index (χ1n) is 6.70. The molecule has 0 saturated carbocycles. The molecule has 1 aromatic carbocycles. The fraction of sp³-hybridized carbons (Fsp3) is 0.429. The van der Waals surface area contributed by atoms with E-state index < -0.39 is 22.1 Å². The van der Waals surface area contributed by atoms with E-state index in [1.807, 2.05) is 6.92 Å². The number of alkyl halides is 3. The average molecular weight is 403 g/mol. The quantitative estimate of drug-likeness (QED) is 0.323. The number of benzene rings is 1. The third-order valence-electron chi connectivity index (χ3n) is 2.58. The molecule has 1 rings (SSSR count). The summed E-state index contributed by atoms with van der Waals surface area (Å²) in [5, 5.41) is 2.66. The van der Waals surface area contributed by atoms with E-state index in [0.29, 0.717) is 11.4 Å². The molecule has 0 saturated heterocycles. The van der Waals surface area contributed by atoms with Gasteiger partial charge in [-0.15, -0.1) is 0 Å². The van der Waals surface area contributed by atoms with Crippen LogP contribution in [-0.2, 0) is 9.47 Å². The van der Waals surface area contributed by atoms with Crippen LogP contribution >= 0.6 is 46.4 Å². The minimum absolute atomic E-state index is 0.190. The van der Waals surface area contributed by atoms with Crippen LogP contribution in [0.15, 0.2) is 24.3 Å². The number of hydrogen-bond acceptors (Lipinski definition) is 4. The first-order chi connectivity index (χ1) is 10.7. The van der Waals surface area contributed by atoms with Gasteiger partial charge >= 0.3 is 12.1 Å². The summed E-state index contributed by atoms with van der Waals surface area (Å²) in [7, 11) is 0. The standard InChI is InChI=1S/C14H15Cl4NO4/c1-2-3-8-22-13(21)19-12(14(16,17)18)23-11(20)9-4-6-10(15)7-5-9/h4-7,12H,2-3,8H2,1H3,(H,19,21)/t12-/m1/s1. The number of carbonyl (C=O) groups excluding carboxylic acids is 2. The first-order valence-corrected chi connectivity index (χ1v) is 8.21. The number of rotatable bonds is 6. The zero-order valence-corrected chi connectivity index (χ0v) is 15.2. The van der Waals surface area contributed by atoms with E-state index in [1.54, 1.807) is 0 Å². The van der Waals surface area contributed by atoms with Gasteiger partial charge in [0.25, 0.3) is 0 Å². The van der Waals surface area contributed by atoms with Gasteiger partial charge in [0.05, 0.1) is 12.2 Å². The van der Waals surface area contributed by atoms with Crippen molar-refractivity contribution < 1.29 is 19.1 Å². The predicted octanol–water partition coefficient (Wildman–Crippen LogP) is 4.72. The molecule has 0 aromatic heterocycles. The van der Waals surface area contributed by atoms with Crippen molar-refractivity contribution in [3.05, 3.63) is 34.9 Å². The van der Waals surface area contributed by atoms with E-state index in [-0.39, 0.29) is 12.2 Å². The topological polar surface area (TPSA) is 64.6 Å². The largest absolute Gasteiger partial charge is 0.449 e. The Hall–Kier alpha value is -0.880. The summed E-state index contributed by atoms with van der Waals surface area (Å²) in [6.07, 6.45) is -0.813. The molecule has 0 aliphatic heterocycles. The zero-order chi connectivity index (χ0) is 17.5. The number of carbonyl (C=O) groups is 2. The van der Waals surface area contributed by atoms with Gasteiger partial charge < -0.3 is 9.47 Å². The maximum atomic E-state index is 12.0. The lowest BCUT2D eigenvalue weighted by molar-refractivity contribution is 0.0216. The summed E-state index contributed by atoms with van der Waals surface area (Å²) in [5.41, 5.74) is 0.190. The fourth-order valence-corrected chi connectivity index (χ4v) is 1.82. The summed E-state index contributed by atoms with van der Waals surface area (Å²) in [5.74, 6) is -0.785. The van der Waals surface area contributed by atoms with Gasteiger partial charge in [0.2, 0.25) is 10.0 Å². The molecular weight excluding hydrogens is 388 g/mol. The normalized spacial score (nSPS) is 12.4. The first kappa shape index (κ1) is 20.2. The molecule has 1 amide bonds. The van der Waals surface area contributed by atoms with Crippen LogP contribution in [0.4, 0.5) is 4.79 Å². The Balaban J connectivity index is 2.69.